The van der Waals surface area contributed by atoms with Gasteiger partial charge in [0.05, 0.1) is 24.5 Å². The molecule has 4 N–H and O–H groups in total. The van der Waals surface area contributed by atoms with Crippen LogP contribution in [0.15, 0.2) is 0 Å². The molecular weight excluding hydrogens is 394 g/mol. The Morgan fingerprint density at radius 2 is 1.45 bits per heavy atom. The largest absolute Gasteiger partial charge is 0.379 e. The van der Waals surface area contributed by atoms with Crippen LogP contribution >= 0.6 is 11.8 Å². The number of ketones is 1. The van der Waals surface area contributed by atoms with Crippen LogP contribution in [-0.4, -0.2) is 74.2 Å². The highest BCUT2D eigenvalue weighted by atomic mass is 32.2. The van der Waals surface area contributed by atoms with E-state index < -0.39 is 11.3 Å². The van der Waals surface area contributed by atoms with Crippen LogP contribution in [0.2, 0.25) is 0 Å². The Hall–Kier alpha value is -1.16. The van der Waals surface area contributed by atoms with Crippen LogP contribution in [0.25, 0.3) is 0 Å². The van der Waals surface area contributed by atoms with E-state index in [0.717, 1.165) is 0 Å². The zero-order chi connectivity index (χ0) is 22.2. The molecule has 0 rings (SSSR count). The molecule has 0 aliphatic heterocycles. The molecule has 170 valence electrons. The monoisotopic (exact) mass is 433 g/mol. The molecule has 9 heteroatoms. The van der Waals surface area contributed by atoms with Gasteiger partial charge in [0.25, 0.3) is 0 Å². The van der Waals surface area contributed by atoms with Crippen LogP contribution < -0.4 is 16.4 Å². The molecule has 0 aliphatic carbocycles. The first kappa shape index (κ1) is 27.8. The summed E-state index contributed by atoms with van der Waals surface area (Å²) in [7, 11) is 0. The number of nitrogens with two attached hydrogens (primary N) is 1. The van der Waals surface area contributed by atoms with Crippen LogP contribution in [0.5, 0.6) is 0 Å². The molecule has 2 atom stereocenters. The number of hydrogen-bond donors (Lipinski definition) is 3. The summed E-state index contributed by atoms with van der Waals surface area (Å²) < 4.78 is 10.9. The Bertz CT molecular complexity index is 489. The van der Waals surface area contributed by atoms with Gasteiger partial charge in [-0.25, -0.2) is 0 Å². The van der Waals surface area contributed by atoms with Crippen molar-refractivity contribution in [2.75, 3.05) is 45.3 Å². The molecule has 0 bridgehead atoms. The third kappa shape index (κ3) is 16.3. The molecule has 8 nitrogen and oxygen atoms in total. The third-order valence-corrected chi connectivity index (χ3v) is 5.01. The Balaban J connectivity index is 4.45. The number of amides is 2. The predicted molar refractivity (Wildman–Crippen MR) is 117 cm³/mol. The Labute approximate surface area is 179 Å². The number of rotatable bonds is 17. The number of thioether (sulfide) groups is 1. The average molecular weight is 434 g/mol. The van der Waals surface area contributed by atoms with E-state index in [1.807, 2.05) is 0 Å². The Kier molecular flexibility index (Phi) is 16.0. The molecule has 0 aliphatic rings. The van der Waals surface area contributed by atoms with Gasteiger partial charge in [-0.3, -0.25) is 14.4 Å². The number of Topliss-reactive ketones (excluding diaryl/α,β-unsaturated/α-hetero) is 1. The third-order valence-electron chi connectivity index (χ3n) is 3.68. The second-order valence-corrected chi connectivity index (χ2v) is 9.06. The van der Waals surface area contributed by atoms with Crippen LogP contribution in [-0.2, 0) is 23.9 Å². The van der Waals surface area contributed by atoms with Crippen LogP contribution in [0.3, 0.4) is 0 Å². The molecule has 0 aromatic rings. The van der Waals surface area contributed by atoms with Gasteiger partial charge in [0, 0.05) is 38.5 Å². The van der Waals surface area contributed by atoms with E-state index in [9.17, 15) is 14.4 Å². The van der Waals surface area contributed by atoms with E-state index in [1.165, 1.54) is 18.7 Å². The van der Waals surface area contributed by atoms with Crippen molar-refractivity contribution in [2.45, 2.75) is 52.3 Å². The van der Waals surface area contributed by atoms with E-state index in [2.05, 4.69) is 38.3 Å². The van der Waals surface area contributed by atoms with Gasteiger partial charge in [-0.15, -0.1) is 11.8 Å². The maximum atomic E-state index is 12.5. The van der Waals surface area contributed by atoms with Crippen molar-refractivity contribution >= 4 is 29.4 Å². The zero-order valence-corrected chi connectivity index (χ0v) is 19.3. The summed E-state index contributed by atoms with van der Waals surface area (Å²) in [4.78, 5) is 36.0. The first-order chi connectivity index (χ1) is 13.6. The highest BCUT2D eigenvalue weighted by Crippen LogP contribution is 2.16. The topological polar surface area (TPSA) is 120 Å². The van der Waals surface area contributed by atoms with Crippen molar-refractivity contribution < 1.29 is 23.9 Å². The zero-order valence-electron chi connectivity index (χ0n) is 18.5. The lowest BCUT2D eigenvalue weighted by Crippen LogP contribution is -2.40. The first-order valence-corrected chi connectivity index (χ1v) is 11.3. The van der Waals surface area contributed by atoms with E-state index in [1.54, 1.807) is 0 Å². The summed E-state index contributed by atoms with van der Waals surface area (Å²) in [5.74, 6) is 0.497. The van der Waals surface area contributed by atoms with E-state index in [0.29, 0.717) is 51.4 Å². The molecule has 2 amide bonds. The molecule has 0 aromatic heterocycles. The smallest absolute Gasteiger partial charge is 0.233 e. The summed E-state index contributed by atoms with van der Waals surface area (Å²) in [6.45, 7) is 12.5. The van der Waals surface area contributed by atoms with E-state index in [4.69, 9.17) is 15.2 Å². The standard InChI is InChI=1S/C20H39N3O5S/c1-14(2)11-27-8-6-22-19(25)10-18(29-13-17(21)16(5)24)20(26)23-7-9-28-12-15(3)4/h14-15,17-18H,6-13,21H2,1-5H3,(H,22,25)(H,23,26). The lowest BCUT2D eigenvalue weighted by molar-refractivity contribution is -0.126. The molecule has 0 radical (unpaired) electrons. The molecule has 29 heavy (non-hydrogen) atoms. The second kappa shape index (κ2) is 16.6. The van der Waals surface area contributed by atoms with E-state index in [-0.39, 0.29) is 29.8 Å². The molecule has 0 fully saturated rings. The molecule has 0 saturated carbocycles. The summed E-state index contributed by atoms with van der Waals surface area (Å²) in [5, 5.41) is 4.93. The maximum absolute atomic E-state index is 12.5. The van der Waals surface area contributed by atoms with Gasteiger partial charge in [-0.05, 0) is 18.8 Å². The predicted octanol–water partition coefficient (Wildman–Crippen LogP) is 0.972. The highest BCUT2D eigenvalue weighted by Gasteiger charge is 2.24. The van der Waals surface area contributed by atoms with Crippen LogP contribution in [0.1, 0.15) is 41.0 Å². The number of carbonyl (C=O) groups is 3. The van der Waals surface area contributed by atoms with Crippen molar-refractivity contribution in [3.8, 4) is 0 Å². The van der Waals surface area contributed by atoms with Gasteiger partial charge in [0.1, 0.15) is 5.78 Å². The van der Waals surface area contributed by atoms with E-state index >= 15 is 0 Å². The lowest BCUT2D eigenvalue weighted by Gasteiger charge is -2.18. The Morgan fingerprint density at radius 3 is 1.93 bits per heavy atom. The number of ether oxygens (including phenoxy) is 2. The normalized spacial score (nSPS) is 13.4. The fraction of sp³-hybridized carbons (Fsp3) is 0.850. The minimum atomic E-state index is -0.655. The van der Waals surface area contributed by atoms with Gasteiger partial charge in [0.15, 0.2) is 0 Å². The Morgan fingerprint density at radius 1 is 0.931 bits per heavy atom. The second-order valence-electron chi connectivity index (χ2n) is 7.82. The lowest BCUT2D eigenvalue weighted by atomic mass is 10.2. The molecular formula is C20H39N3O5S. The summed E-state index contributed by atoms with van der Waals surface area (Å²) in [6.07, 6.45) is 0.0121. The van der Waals surface area contributed by atoms with Gasteiger partial charge in [-0.2, -0.15) is 0 Å². The average Bonchev–Trinajstić information content (AvgIpc) is 2.63. The van der Waals surface area contributed by atoms with Crippen molar-refractivity contribution in [2.24, 2.45) is 17.6 Å². The maximum Gasteiger partial charge on any atom is 0.233 e. The van der Waals surface area contributed by atoms with Gasteiger partial charge < -0.3 is 25.8 Å². The molecule has 2 unspecified atom stereocenters. The number of carbonyl (C=O) groups excluding carboxylic acids is 3. The molecule has 0 spiro atoms. The van der Waals surface area contributed by atoms with Gasteiger partial charge >= 0.3 is 0 Å². The van der Waals surface area contributed by atoms with Gasteiger partial charge in [-0.1, -0.05) is 27.7 Å². The summed E-state index contributed by atoms with van der Waals surface area (Å²) in [6, 6.07) is -0.655. The molecule has 0 aromatic carbocycles. The van der Waals surface area contributed by atoms with Crippen molar-refractivity contribution in [3.63, 3.8) is 0 Å². The SMILES string of the molecule is CC(=O)C(N)CSC(CC(=O)NCCOCC(C)C)C(=O)NCCOCC(C)C. The molecule has 0 heterocycles. The van der Waals surface area contributed by atoms with Gasteiger partial charge in [0.2, 0.25) is 11.8 Å². The molecule has 0 saturated heterocycles. The van der Waals surface area contributed by atoms with Crippen LogP contribution in [0.4, 0.5) is 0 Å². The van der Waals surface area contributed by atoms with Crippen molar-refractivity contribution in [3.05, 3.63) is 0 Å². The quantitative estimate of drug-likeness (QED) is 0.292. The number of hydrogen-bond acceptors (Lipinski definition) is 7. The van der Waals surface area contributed by atoms with Crippen LogP contribution in [0, 0.1) is 11.8 Å². The summed E-state index contributed by atoms with van der Waals surface area (Å²) in [5.41, 5.74) is 5.76. The minimum Gasteiger partial charge on any atom is -0.379 e. The highest BCUT2D eigenvalue weighted by molar-refractivity contribution is 8.00. The van der Waals surface area contributed by atoms with Crippen molar-refractivity contribution in [1.82, 2.24) is 10.6 Å². The first-order valence-electron chi connectivity index (χ1n) is 10.2. The van der Waals surface area contributed by atoms with Crippen molar-refractivity contribution in [1.29, 1.82) is 0 Å². The minimum absolute atomic E-state index is 0.0121. The fourth-order valence-electron chi connectivity index (χ4n) is 2.07. The summed E-state index contributed by atoms with van der Waals surface area (Å²) >= 11 is 1.22. The number of nitrogens with one attached hydrogen (secondary N) is 2. The fourth-order valence-corrected chi connectivity index (χ4v) is 3.24.